The van der Waals surface area contributed by atoms with Gasteiger partial charge in [-0.2, -0.15) is 0 Å². The number of azide groups is 1. The molecule has 4 fully saturated rings. The monoisotopic (exact) mass is 505 g/mol. The standard InChI is InChI=1S/C28H44FN3O4/c1-6-17-24-25(29)21(36-16(3)33)12-14-28(24,5)20-11-13-27(4)18(8-9-19(27)23(20)26(17)35)15(2)7-10-22(34)31-32-30/h15,17-21,23-26,35H,6-14H2,1-5H3/t15?,17-,18-,19+,20+,21-,23+,24-,25+,26-,27-,28-/m1/s1. The van der Waals surface area contributed by atoms with Crippen LogP contribution in [0.15, 0.2) is 5.11 Å². The van der Waals surface area contributed by atoms with Crippen molar-refractivity contribution < 1.29 is 23.8 Å². The molecule has 202 valence electrons. The quantitative estimate of drug-likeness (QED) is 0.195. The average Bonchev–Trinajstić information content (AvgIpc) is 3.18. The Kier molecular flexibility index (Phi) is 7.79. The van der Waals surface area contributed by atoms with E-state index in [9.17, 15) is 14.7 Å². The van der Waals surface area contributed by atoms with Gasteiger partial charge in [-0.25, -0.2) is 4.39 Å². The summed E-state index contributed by atoms with van der Waals surface area (Å²) in [7, 11) is 0. The molecule has 1 unspecified atom stereocenters. The molecule has 4 aliphatic carbocycles. The molecule has 1 amide bonds. The Morgan fingerprint density at radius 3 is 2.47 bits per heavy atom. The van der Waals surface area contributed by atoms with Crippen molar-refractivity contribution in [1.82, 2.24) is 0 Å². The van der Waals surface area contributed by atoms with Crippen molar-refractivity contribution >= 4 is 11.9 Å². The lowest BCUT2D eigenvalue weighted by atomic mass is 9.41. The lowest BCUT2D eigenvalue weighted by Gasteiger charge is -2.65. The molecule has 8 heteroatoms. The Balaban J connectivity index is 1.58. The fraction of sp³-hybridized carbons (Fsp3) is 0.929. The molecule has 0 saturated heterocycles. The molecule has 0 aliphatic heterocycles. The van der Waals surface area contributed by atoms with Crippen LogP contribution in [0.4, 0.5) is 4.39 Å². The summed E-state index contributed by atoms with van der Waals surface area (Å²) in [6, 6.07) is 0. The predicted molar refractivity (Wildman–Crippen MR) is 134 cm³/mol. The summed E-state index contributed by atoms with van der Waals surface area (Å²) in [5.41, 5.74) is 8.39. The van der Waals surface area contributed by atoms with E-state index in [1.807, 2.05) is 0 Å². The predicted octanol–water partition coefficient (Wildman–Crippen LogP) is 6.39. The number of aliphatic hydroxyl groups excluding tert-OH is 1. The van der Waals surface area contributed by atoms with Gasteiger partial charge in [0.25, 0.3) is 0 Å². The topological polar surface area (TPSA) is 112 Å². The minimum atomic E-state index is -1.24. The molecule has 0 aromatic carbocycles. The maximum absolute atomic E-state index is 16.0. The third kappa shape index (κ3) is 4.36. The third-order valence-electron chi connectivity index (χ3n) is 11.4. The summed E-state index contributed by atoms with van der Waals surface area (Å²) < 4.78 is 21.4. The number of carbonyl (C=O) groups is 2. The van der Waals surface area contributed by atoms with Crippen LogP contribution in [-0.2, 0) is 14.3 Å². The Bertz CT molecular complexity index is 909. The van der Waals surface area contributed by atoms with Crippen molar-refractivity contribution in [2.24, 2.45) is 57.4 Å². The SMILES string of the molecule is CC[C@H]1[C@@H](O)[C@@H]2[C@H](CC[C@]3(C)[C@@H](C(C)CCC(=O)N=[N+]=[N-])CC[C@@H]23)[C@@]2(C)CC[C@@H](OC(C)=O)[C@H](F)[C@@H]12. The number of carbonyl (C=O) groups excluding carboxylic acids is 2. The van der Waals surface area contributed by atoms with Crippen molar-refractivity contribution in [2.75, 3.05) is 0 Å². The molecule has 4 rings (SSSR count). The molecule has 12 atom stereocenters. The number of amides is 1. The van der Waals surface area contributed by atoms with Gasteiger partial charge < -0.3 is 9.84 Å². The number of aliphatic hydroxyl groups is 1. The Morgan fingerprint density at radius 1 is 1.17 bits per heavy atom. The van der Waals surface area contributed by atoms with Gasteiger partial charge >= 0.3 is 5.97 Å². The highest BCUT2D eigenvalue weighted by Crippen LogP contribution is 2.69. The molecule has 4 saturated carbocycles. The summed E-state index contributed by atoms with van der Waals surface area (Å²) in [4.78, 5) is 26.0. The molecular formula is C28H44FN3O4. The van der Waals surface area contributed by atoms with Crippen molar-refractivity contribution in [3.63, 3.8) is 0 Å². The van der Waals surface area contributed by atoms with E-state index in [1.54, 1.807) is 0 Å². The first kappa shape index (κ1) is 27.4. The number of halogens is 1. The largest absolute Gasteiger partial charge is 0.459 e. The number of fused-ring (bicyclic) bond motifs is 5. The number of alkyl halides is 1. The van der Waals surface area contributed by atoms with Gasteiger partial charge in [0, 0.05) is 24.2 Å². The molecule has 1 N–H and O–H groups in total. The highest BCUT2D eigenvalue weighted by Gasteiger charge is 2.67. The van der Waals surface area contributed by atoms with Crippen LogP contribution in [0.25, 0.3) is 10.4 Å². The molecule has 0 heterocycles. The van der Waals surface area contributed by atoms with Crippen LogP contribution in [0.1, 0.15) is 92.4 Å². The fourth-order valence-electron chi connectivity index (χ4n) is 9.93. The normalized spacial score (nSPS) is 46.5. The summed E-state index contributed by atoms with van der Waals surface area (Å²) in [5.74, 6) is 0.282. The molecular weight excluding hydrogens is 461 g/mol. The van der Waals surface area contributed by atoms with Crippen molar-refractivity contribution in [1.29, 1.82) is 0 Å². The maximum Gasteiger partial charge on any atom is 0.303 e. The molecule has 0 aromatic heterocycles. The van der Waals surface area contributed by atoms with Crippen molar-refractivity contribution in [3.8, 4) is 0 Å². The molecule has 36 heavy (non-hydrogen) atoms. The molecule has 0 aromatic rings. The van der Waals surface area contributed by atoms with E-state index >= 15 is 4.39 Å². The van der Waals surface area contributed by atoms with Crippen LogP contribution in [0.3, 0.4) is 0 Å². The second-order valence-corrected chi connectivity index (χ2v) is 12.8. The van der Waals surface area contributed by atoms with Gasteiger partial charge in [0.15, 0.2) is 0 Å². The highest BCUT2D eigenvalue weighted by molar-refractivity contribution is 5.76. The first-order valence-electron chi connectivity index (χ1n) is 14.1. The van der Waals surface area contributed by atoms with Crippen LogP contribution < -0.4 is 0 Å². The van der Waals surface area contributed by atoms with Crippen LogP contribution >= 0.6 is 0 Å². The summed E-state index contributed by atoms with van der Waals surface area (Å²) in [6.07, 6.45) is 4.71. The summed E-state index contributed by atoms with van der Waals surface area (Å²) in [5, 5.41) is 15.1. The van der Waals surface area contributed by atoms with E-state index in [0.29, 0.717) is 37.0 Å². The van der Waals surface area contributed by atoms with E-state index in [0.717, 1.165) is 32.1 Å². The molecule has 4 aliphatic rings. The Hall–Kier alpha value is -1.66. The van der Waals surface area contributed by atoms with Gasteiger partial charge in [0.2, 0.25) is 5.91 Å². The van der Waals surface area contributed by atoms with Crippen LogP contribution in [0.2, 0.25) is 0 Å². The minimum absolute atomic E-state index is 0.0780. The van der Waals surface area contributed by atoms with Crippen LogP contribution in [0, 0.1) is 52.3 Å². The van der Waals surface area contributed by atoms with Crippen molar-refractivity contribution in [2.45, 2.75) is 111 Å². The van der Waals surface area contributed by atoms with E-state index in [1.165, 1.54) is 6.92 Å². The molecule has 7 nitrogen and oxygen atoms in total. The van der Waals surface area contributed by atoms with Crippen LogP contribution in [0.5, 0.6) is 0 Å². The maximum atomic E-state index is 16.0. The first-order valence-corrected chi connectivity index (χ1v) is 14.1. The van der Waals surface area contributed by atoms with Gasteiger partial charge in [-0.3, -0.25) is 9.59 Å². The second kappa shape index (κ2) is 10.2. The van der Waals surface area contributed by atoms with Gasteiger partial charge in [-0.15, -0.1) is 0 Å². The Morgan fingerprint density at radius 2 is 1.83 bits per heavy atom. The number of hydrogen-bond acceptors (Lipinski definition) is 4. The van der Waals surface area contributed by atoms with Gasteiger partial charge in [0.05, 0.1) is 6.10 Å². The summed E-state index contributed by atoms with van der Waals surface area (Å²) >= 11 is 0. The van der Waals surface area contributed by atoms with E-state index in [4.69, 9.17) is 10.3 Å². The minimum Gasteiger partial charge on any atom is -0.459 e. The zero-order valence-electron chi connectivity index (χ0n) is 22.5. The van der Waals surface area contributed by atoms with Crippen molar-refractivity contribution in [3.05, 3.63) is 10.4 Å². The molecule has 0 spiro atoms. The van der Waals surface area contributed by atoms with E-state index in [2.05, 4.69) is 37.7 Å². The highest BCUT2D eigenvalue weighted by atomic mass is 19.1. The number of nitrogens with zero attached hydrogens (tertiary/aromatic N) is 3. The zero-order valence-corrected chi connectivity index (χ0v) is 22.5. The zero-order chi connectivity index (χ0) is 26.4. The molecule has 0 radical (unpaired) electrons. The van der Waals surface area contributed by atoms with Crippen LogP contribution in [-0.4, -0.2) is 35.4 Å². The lowest BCUT2D eigenvalue weighted by Crippen LogP contribution is -2.65. The summed E-state index contributed by atoms with van der Waals surface area (Å²) in [6.45, 7) is 10.2. The van der Waals surface area contributed by atoms with E-state index in [-0.39, 0.29) is 40.9 Å². The van der Waals surface area contributed by atoms with Gasteiger partial charge in [-0.05, 0) is 102 Å². The average molecular weight is 506 g/mol. The lowest BCUT2D eigenvalue weighted by molar-refractivity contribution is -0.226. The van der Waals surface area contributed by atoms with E-state index < -0.39 is 30.3 Å². The number of esters is 1. The third-order valence-corrected chi connectivity index (χ3v) is 11.4. The van der Waals surface area contributed by atoms with Gasteiger partial charge in [-0.1, -0.05) is 34.1 Å². The smallest absolute Gasteiger partial charge is 0.303 e. The fourth-order valence-corrected chi connectivity index (χ4v) is 9.93. The number of ether oxygens (including phenoxy) is 1. The second-order valence-electron chi connectivity index (χ2n) is 12.8. The molecule has 0 bridgehead atoms. The number of hydrogen-bond donors (Lipinski definition) is 1. The Labute approximate surface area is 214 Å². The van der Waals surface area contributed by atoms with Gasteiger partial charge in [0.1, 0.15) is 12.3 Å². The first-order chi connectivity index (χ1) is 17.0. The number of rotatable bonds is 6.